The van der Waals surface area contributed by atoms with Crippen LogP contribution in [0.15, 0.2) is 0 Å². The van der Waals surface area contributed by atoms with Crippen molar-refractivity contribution in [1.29, 1.82) is 0 Å². The maximum absolute atomic E-state index is 5.53. The molecule has 0 saturated carbocycles. The Kier molecular flexibility index (Phi) is 2.84. The fourth-order valence-electron chi connectivity index (χ4n) is 1.89. The molecule has 0 aliphatic heterocycles. The summed E-state index contributed by atoms with van der Waals surface area (Å²) in [6.45, 7) is 3.60. The zero-order valence-corrected chi connectivity index (χ0v) is 8.64. The smallest absolute Gasteiger partial charge is 0.0794 e. The van der Waals surface area contributed by atoms with Crippen LogP contribution in [0.1, 0.15) is 30.3 Å². The molecule has 4 nitrogen and oxygen atoms in total. The van der Waals surface area contributed by atoms with Gasteiger partial charge in [-0.15, -0.1) is 0 Å². The molecule has 14 heavy (non-hydrogen) atoms. The van der Waals surface area contributed by atoms with Crippen LogP contribution in [0.5, 0.6) is 0 Å². The molecule has 1 atom stereocenters. The van der Waals surface area contributed by atoms with E-state index in [0.29, 0.717) is 12.6 Å². The van der Waals surface area contributed by atoms with E-state index in [9.17, 15) is 0 Å². The lowest BCUT2D eigenvalue weighted by atomic mass is 10.2. The number of nitrogens with zero attached hydrogens (tertiary/aromatic N) is 1. The van der Waals surface area contributed by atoms with Gasteiger partial charge in [-0.1, -0.05) is 0 Å². The largest absolute Gasteiger partial charge is 0.329 e. The molecule has 0 bridgehead atoms. The Morgan fingerprint density at radius 2 is 2.43 bits per heavy atom. The maximum atomic E-state index is 5.53. The first-order chi connectivity index (χ1) is 6.81. The van der Waals surface area contributed by atoms with E-state index >= 15 is 0 Å². The summed E-state index contributed by atoms with van der Waals surface area (Å²) in [5, 5.41) is 10.8. The minimum atomic E-state index is 0.365. The summed E-state index contributed by atoms with van der Waals surface area (Å²) in [5.74, 6) is 0. The average molecular weight is 194 g/mol. The Hall–Kier alpha value is -0.870. The van der Waals surface area contributed by atoms with Crippen LogP contribution in [-0.4, -0.2) is 22.8 Å². The second kappa shape index (κ2) is 4.11. The molecular weight excluding hydrogens is 176 g/mol. The Labute approximate surface area is 84.3 Å². The fraction of sp³-hybridized carbons (Fsp3) is 0.700. The number of fused-ring (bicyclic) bond motifs is 1. The van der Waals surface area contributed by atoms with E-state index in [1.807, 2.05) is 0 Å². The van der Waals surface area contributed by atoms with E-state index in [4.69, 9.17) is 5.73 Å². The third kappa shape index (κ3) is 1.81. The number of rotatable bonds is 4. The van der Waals surface area contributed by atoms with E-state index in [1.165, 1.54) is 29.8 Å². The van der Waals surface area contributed by atoms with E-state index in [2.05, 4.69) is 22.4 Å². The molecule has 0 radical (unpaired) electrons. The van der Waals surface area contributed by atoms with Gasteiger partial charge < -0.3 is 11.1 Å². The second-order valence-electron chi connectivity index (χ2n) is 4.00. The molecule has 0 saturated heterocycles. The number of aromatic nitrogens is 2. The number of hydrogen-bond acceptors (Lipinski definition) is 3. The highest BCUT2D eigenvalue weighted by molar-refractivity contribution is 5.29. The third-order valence-electron chi connectivity index (χ3n) is 2.86. The standard InChI is InChI=1S/C10H18N4/c1-7(5-11)12-6-10-8-3-2-4-9(8)13-14-10/h7,12H,2-6,11H2,1H3,(H,13,14)/t7-/m1/s1. The Bertz CT molecular complexity index is 305. The molecule has 1 aromatic heterocycles. The lowest BCUT2D eigenvalue weighted by Gasteiger charge is -2.09. The van der Waals surface area contributed by atoms with Gasteiger partial charge in [0.05, 0.1) is 5.69 Å². The highest BCUT2D eigenvalue weighted by atomic mass is 15.1. The summed E-state index contributed by atoms with van der Waals surface area (Å²) >= 11 is 0. The van der Waals surface area contributed by atoms with E-state index in [1.54, 1.807) is 0 Å². The lowest BCUT2D eigenvalue weighted by molar-refractivity contribution is 0.548. The highest BCUT2D eigenvalue weighted by Gasteiger charge is 2.17. The van der Waals surface area contributed by atoms with Crippen LogP contribution < -0.4 is 11.1 Å². The summed E-state index contributed by atoms with van der Waals surface area (Å²) in [7, 11) is 0. The average Bonchev–Trinajstić information content (AvgIpc) is 2.76. The van der Waals surface area contributed by atoms with Gasteiger partial charge in [0.1, 0.15) is 0 Å². The van der Waals surface area contributed by atoms with Crippen LogP contribution >= 0.6 is 0 Å². The summed E-state index contributed by atoms with van der Waals surface area (Å²) in [6.07, 6.45) is 3.61. The van der Waals surface area contributed by atoms with Gasteiger partial charge in [-0.25, -0.2) is 0 Å². The molecule has 2 rings (SSSR count). The first-order valence-electron chi connectivity index (χ1n) is 5.29. The van der Waals surface area contributed by atoms with E-state index in [-0.39, 0.29) is 0 Å². The molecule has 0 unspecified atom stereocenters. The summed E-state index contributed by atoms with van der Waals surface area (Å²) in [4.78, 5) is 0. The maximum Gasteiger partial charge on any atom is 0.0794 e. The SMILES string of the molecule is C[C@H](CN)NCc1n[nH]c2c1CCC2. The van der Waals surface area contributed by atoms with Crippen molar-refractivity contribution in [2.45, 2.75) is 38.8 Å². The number of nitrogens with two attached hydrogens (primary N) is 1. The van der Waals surface area contributed by atoms with Crippen molar-refractivity contribution in [2.75, 3.05) is 6.54 Å². The van der Waals surface area contributed by atoms with E-state index < -0.39 is 0 Å². The quantitative estimate of drug-likeness (QED) is 0.647. The van der Waals surface area contributed by atoms with Gasteiger partial charge in [0.25, 0.3) is 0 Å². The van der Waals surface area contributed by atoms with Crippen molar-refractivity contribution >= 4 is 0 Å². The second-order valence-corrected chi connectivity index (χ2v) is 4.00. The molecule has 1 heterocycles. The Morgan fingerprint density at radius 3 is 3.21 bits per heavy atom. The van der Waals surface area contributed by atoms with Crippen molar-refractivity contribution in [2.24, 2.45) is 5.73 Å². The van der Waals surface area contributed by atoms with Crippen LogP contribution in [0.3, 0.4) is 0 Å². The minimum Gasteiger partial charge on any atom is -0.329 e. The van der Waals surface area contributed by atoms with E-state index in [0.717, 1.165) is 13.0 Å². The summed E-state index contributed by atoms with van der Waals surface area (Å²) in [5.41, 5.74) is 9.48. The van der Waals surface area contributed by atoms with Crippen LogP contribution in [0.25, 0.3) is 0 Å². The molecule has 0 amide bonds. The number of nitrogens with one attached hydrogen (secondary N) is 2. The molecule has 4 heteroatoms. The van der Waals surface area contributed by atoms with Gasteiger partial charge in [-0.2, -0.15) is 5.10 Å². The molecule has 78 valence electrons. The Morgan fingerprint density at radius 1 is 1.57 bits per heavy atom. The van der Waals surface area contributed by atoms with Crippen molar-refractivity contribution in [3.8, 4) is 0 Å². The number of H-pyrrole nitrogens is 1. The summed E-state index contributed by atoms with van der Waals surface area (Å²) < 4.78 is 0. The van der Waals surface area contributed by atoms with Crippen molar-refractivity contribution < 1.29 is 0 Å². The van der Waals surface area contributed by atoms with Gasteiger partial charge in [0, 0.05) is 24.8 Å². The topological polar surface area (TPSA) is 66.7 Å². The monoisotopic (exact) mass is 194 g/mol. The van der Waals surface area contributed by atoms with Crippen molar-refractivity contribution in [3.05, 3.63) is 17.0 Å². The molecule has 1 aliphatic carbocycles. The highest BCUT2D eigenvalue weighted by Crippen LogP contribution is 2.22. The molecule has 4 N–H and O–H groups in total. The minimum absolute atomic E-state index is 0.365. The van der Waals surface area contributed by atoms with Gasteiger partial charge in [0.2, 0.25) is 0 Å². The predicted octanol–water partition coefficient (Wildman–Crippen LogP) is 0.335. The van der Waals surface area contributed by atoms with Gasteiger partial charge in [-0.3, -0.25) is 5.10 Å². The van der Waals surface area contributed by atoms with Crippen molar-refractivity contribution in [1.82, 2.24) is 15.5 Å². The summed E-state index contributed by atoms with van der Waals surface area (Å²) in [6, 6.07) is 0.365. The molecule has 1 aromatic rings. The first-order valence-corrected chi connectivity index (χ1v) is 5.29. The number of aromatic amines is 1. The third-order valence-corrected chi connectivity index (χ3v) is 2.86. The van der Waals surface area contributed by atoms with Crippen LogP contribution in [0.2, 0.25) is 0 Å². The normalized spacial score (nSPS) is 17.0. The van der Waals surface area contributed by atoms with Gasteiger partial charge in [0.15, 0.2) is 0 Å². The molecule has 0 fully saturated rings. The molecule has 1 aliphatic rings. The number of hydrogen-bond donors (Lipinski definition) is 3. The zero-order valence-electron chi connectivity index (χ0n) is 8.64. The van der Waals surface area contributed by atoms with Gasteiger partial charge >= 0.3 is 0 Å². The first kappa shape index (κ1) is 9.68. The number of aryl methyl sites for hydroxylation is 1. The van der Waals surface area contributed by atoms with Crippen LogP contribution in [-0.2, 0) is 19.4 Å². The molecular formula is C10H18N4. The predicted molar refractivity (Wildman–Crippen MR) is 56.0 cm³/mol. The van der Waals surface area contributed by atoms with Crippen molar-refractivity contribution in [3.63, 3.8) is 0 Å². The van der Waals surface area contributed by atoms with Gasteiger partial charge in [-0.05, 0) is 31.7 Å². The zero-order chi connectivity index (χ0) is 9.97. The Balaban J connectivity index is 1.96. The fourth-order valence-corrected chi connectivity index (χ4v) is 1.89. The lowest BCUT2D eigenvalue weighted by Crippen LogP contribution is -2.32. The molecule has 0 aromatic carbocycles. The van der Waals surface area contributed by atoms with Crippen LogP contribution in [0.4, 0.5) is 0 Å². The molecule has 0 spiro atoms. The van der Waals surface area contributed by atoms with Crippen LogP contribution in [0, 0.1) is 0 Å².